The largest absolute Gasteiger partial charge is 0.539 e. The van der Waals surface area contributed by atoms with E-state index in [-0.39, 0.29) is 0 Å². The van der Waals surface area contributed by atoms with Crippen molar-refractivity contribution in [2.24, 2.45) is 0 Å². The summed E-state index contributed by atoms with van der Waals surface area (Å²) in [7, 11) is 6.49. The van der Waals surface area contributed by atoms with Crippen molar-refractivity contribution in [3.8, 4) is 0 Å². The summed E-state index contributed by atoms with van der Waals surface area (Å²) in [4.78, 5) is 18.0. The van der Waals surface area contributed by atoms with E-state index in [2.05, 4.69) is 45.4 Å². The number of carbonyl (C=O) groups is 2. The van der Waals surface area contributed by atoms with Gasteiger partial charge in [-0.25, -0.2) is 4.79 Å². The molecule has 0 fully saturated rings. The van der Waals surface area contributed by atoms with E-state index in [9.17, 15) is 0 Å². The Kier molecular flexibility index (Phi) is 5.18. The van der Waals surface area contributed by atoms with Gasteiger partial charge in [0.25, 0.3) is 0 Å². The molecule has 1 rings (SSSR count). The molecule has 0 saturated heterocycles. The van der Waals surface area contributed by atoms with Crippen LogP contribution in [-0.4, -0.2) is 38.2 Å². The second-order valence-corrected chi connectivity index (χ2v) is 3.94. The summed E-state index contributed by atoms with van der Waals surface area (Å²) in [6.07, 6.45) is 0. The third kappa shape index (κ3) is 5.77. The highest BCUT2D eigenvalue weighted by atomic mass is 16.4. The molecule has 88 valence electrons. The van der Waals surface area contributed by atoms with Crippen LogP contribution in [0.3, 0.4) is 0 Å². The van der Waals surface area contributed by atoms with Crippen LogP contribution in [0.5, 0.6) is 0 Å². The van der Waals surface area contributed by atoms with E-state index < -0.39 is 11.9 Å². The van der Waals surface area contributed by atoms with Gasteiger partial charge in [-0.2, -0.15) is 0 Å². The molecule has 0 radical (unpaired) electrons. The maximum atomic E-state index is 9.04. The van der Waals surface area contributed by atoms with Crippen molar-refractivity contribution >= 4 is 17.6 Å². The van der Waals surface area contributed by atoms with Crippen molar-refractivity contribution in [3.63, 3.8) is 0 Å². The number of carbonyl (C=O) groups excluding carboxylic acids is 1. The molecular weight excluding hydrogens is 210 g/mol. The molecule has 0 aliphatic carbocycles. The minimum atomic E-state index is -2.07. The highest BCUT2D eigenvalue weighted by molar-refractivity contribution is 6.26. The number of nitrogens with zero attached hydrogens (tertiary/aromatic N) is 1. The highest BCUT2D eigenvalue weighted by Gasteiger charge is 2.08. The first kappa shape index (κ1) is 14.1. The van der Waals surface area contributed by atoms with Gasteiger partial charge in [-0.3, -0.25) is 4.48 Å². The van der Waals surface area contributed by atoms with Gasteiger partial charge in [0.2, 0.25) is 0 Å². The average Bonchev–Trinajstić information content (AvgIpc) is 2.18. The molecule has 1 N–H and O–H groups in total. The van der Waals surface area contributed by atoms with Crippen LogP contribution in [0.4, 0.5) is 5.69 Å². The van der Waals surface area contributed by atoms with Gasteiger partial charge in [-0.1, -0.05) is 18.2 Å². The molecule has 0 atom stereocenters. The zero-order valence-corrected chi connectivity index (χ0v) is 9.51. The summed E-state index contributed by atoms with van der Waals surface area (Å²) in [5.74, 6) is -4.01. The van der Waals surface area contributed by atoms with Gasteiger partial charge in [0.1, 0.15) is 5.69 Å². The molecule has 1 aromatic carbocycles. The number of carboxylic acid groups (broad SMARTS) is 2. The van der Waals surface area contributed by atoms with Gasteiger partial charge in [0.15, 0.2) is 5.97 Å². The highest BCUT2D eigenvalue weighted by Crippen LogP contribution is 2.14. The summed E-state index contributed by atoms with van der Waals surface area (Å²) in [6, 6.07) is 10.5. The molecule has 1 aromatic rings. The molecule has 0 aromatic heterocycles. The van der Waals surface area contributed by atoms with E-state index >= 15 is 0 Å². The fourth-order valence-corrected chi connectivity index (χ4v) is 0.875. The second kappa shape index (κ2) is 5.87. The summed E-state index contributed by atoms with van der Waals surface area (Å²) >= 11 is 0. The van der Waals surface area contributed by atoms with E-state index in [1.807, 2.05) is 6.07 Å². The van der Waals surface area contributed by atoms with Crippen molar-refractivity contribution in [3.05, 3.63) is 30.3 Å². The quantitative estimate of drug-likeness (QED) is 0.526. The molecule has 0 amide bonds. The lowest BCUT2D eigenvalue weighted by atomic mass is 10.3. The standard InChI is InChI=1S/C9H14N.C2H2O4/c1-10(2,3)9-7-5-4-6-8-9;3-1(4)2(5)6/h4-8H,1-3H3;(H,3,4)(H,5,6)/q+1;/p-1. The van der Waals surface area contributed by atoms with Gasteiger partial charge in [-0.05, 0) is 12.1 Å². The maximum Gasteiger partial charge on any atom is 0.351 e. The summed E-state index contributed by atoms with van der Waals surface area (Å²) in [5.41, 5.74) is 1.34. The van der Waals surface area contributed by atoms with Crippen LogP contribution >= 0.6 is 0 Å². The molecule has 0 aliphatic rings. The van der Waals surface area contributed by atoms with Crippen LogP contribution < -0.4 is 9.59 Å². The van der Waals surface area contributed by atoms with Crippen molar-refractivity contribution in [1.29, 1.82) is 0 Å². The lowest BCUT2D eigenvalue weighted by Gasteiger charge is -2.22. The fourth-order valence-electron chi connectivity index (χ4n) is 0.875. The number of rotatable bonds is 1. The first-order valence-electron chi connectivity index (χ1n) is 4.56. The Hall–Kier alpha value is -1.88. The van der Waals surface area contributed by atoms with Crippen molar-refractivity contribution < 1.29 is 19.8 Å². The van der Waals surface area contributed by atoms with E-state index in [4.69, 9.17) is 19.8 Å². The predicted molar refractivity (Wildman–Crippen MR) is 58.7 cm³/mol. The summed E-state index contributed by atoms with van der Waals surface area (Å²) < 4.78 is 0.890. The Balaban J connectivity index is 0.000000325. The predicted octanol–water partition coefficient (Wildman–Crippen LogP) is -0.296. The molecule has 16 heavy (non-hydrogen) atoms. The van der Waals surface area contributed by atoms with Crippen LogP contribution in [0.15, 0.2) is 30.3 Å². The van der Waals surface area contributed by atoms with Crippen LogP contribution in [0.2, 0.25) is 0 Å². The summed E-state index contributed by atoms with van der Waals surface area (Å²) in [6.45, 7) is 0. The van der Waals surface area contributed by atoms with E-state index in [1.165, 1.54) is 5.69 Å². The Morgan fingerprint density at radius 1 is 1.12 bits per heavy atom. The Bertz CT molecular complexity index is 342. The van der Waals surface area contributed by atoms with Crippen LogP contribution in [0.1, 0.15) is 0 Å². The third-order valence-corrected chi connectivity index (χ3v) is 1.71. The number of quaternary nitrogens is 1. The maximum absolute atomic E-state index is 9.04. The topological polar surface area (TPSA) is 77.4 Å². The molecule has 0 bridgehead atoms. The molecule has 0 spiro atoms. The molecule has 5 nitrogen and oxygen atoms in total. The first-order chi connectivity index (χ1) is 7.25. The average molecular weight is 225 g/mol. The number of aliphatic carboxylic acids is 2. The second-order valence-electron chi connectivity index (χ2n) is 3.94. The van der Waals surface area contributed by atoms with Crippen molar-refractivity contribution in [1.82, 2.24) is 4.48 Å². The normalized spacial score (nSPS) is 9.94. The monoisotopic (exact) mass is 225 g/mol. The first-order valence-corrected chi connectivity index (χ1v) is 4.56. The van der Waals surface area contributed by atoms with E-state index in [1.54, 1.807) is 0 Å². The molecule has 0 heterocycles. The Labute approximate surface area is 94.1 Å². The number of benzene rings is 1. The number of hydrogen-bond donors (Lipinski definition) is 1. The van der Waals surface area contributed by atoms with Crippen LogP contribution in [-0.2, 0) is 9.59 Å². The van der Waals surface area contributed by atoms with Gasteiger partial charge in [-0.15, -0.1) is 0 Å². The fraction of sp³-hybridized carbons (Fsp3) is 0.273. The molecule has 0 saturated carbocycles. The minimum absolute atomic E-state index is 0.890. The number of carboxylic acids is 2. The number of hydrogen-bond acceptors (Lipinski definition) is 3. The van der Waals surface area contributed by atoms with Crippen molar-refractivity contribution in [2.45, 2.75) is 0 Å². The molecule has 5 heteroatoms. The lowest BCUT2D eigenvalue weighted by molar-refractivity contribution is -0.303. The molecule has 0 aliphatic heterocycles. The minimum Gasteiger partial charge on any atom is -0.539 e. The van der Waals surface area contributed by atoms with E-state index in [0.29, 0.717) is 0 Å². The third-order valence-electron chi connectivity index (χ3n) is 1.71. The van der Waals surface area contributed by atoms with Crippen molar-refractivity contribution in [2.75, 3.05) is 21.1 Å². The van der Waals surface area contributed by atoms with Gasteiger partial charge in [0.05, 0.1) is 21.1 Å². The van der Waals surface area contributed by atoms with Crippen LogP contribution in [0, 0.1) is 0 Å². The van der Waals surface area contributed by atoms with Gasteiger partial charge < -0.3 is 15.0 Å². The Morgan fingerprint density at radius 3 is 1.69 bits per heavy atom. The molecular formula is C11H15NO4. The lowest BCUT2D eigenvalue weighted by Crippen LogP contribution is -2.34. The Morgan fingerprint density at radius 2 is 1.50 bits per heavy atom. The zero-order valence-electron chi connectivity index (χ0n) is 9.51. The van der Waals surface area contributed by atoms with E-state index in [0.717, 1.165) is 4.48 Å². The SMILES string of the molecule is C[N+](C)(C)c1ccccc1.O=C([O-])C(=O)O. The number of para-hydroxylation sites is 1. The molecule has 0 unspecified atom stereocenters. The van der Waals surface area contributed by atoms with Gasteiger partial charge >= 0.3 is 5.97 Å². The van der Waals surface area contributed by atoms with Gasteiger partial charge in [0, 0.05) is 0 Å². The van der Waals surface area contributed by atoms with Crippen LogP contribution in [0.25, 0.3) is 0 Å². The zero-order chi connectivity index (χ0) is 12.8. The smallest absolute Gasteiger partial charge is 0.351 e. The summed E-state index contributed by atoms with van der Waals surface area (Å²) in [5, 5.41) is 16.3.